The first-order valence-electron chi connectivity index (χ1n) is 7.47. The maximum Gasteiger partial charge on any atom is 0.227 e. The Labute approximate surface area is 154 Å². The van der Waals surface area contributed by atoms with E-state index in [0.29, 0.717) is 28.9 Å². The van der Waals surface area contributed by atoms with Gasteiger partial charge in [-0.1, -0.05) is 17.7 Å². The van der Waals surface area contributed by atoms with Crippen molar-refractivity contribution in [3.63, 3.8) is 0 Å². The number of halogens is 1. The molecule has 0 aliphatic heterocycles. The molecule has 0 amide bonds. The third-order valence-corrected chi connectivity index (χ3v) is 4.43. The molecule has 0 atom stereocenters. The number of thiazole rings is 1. The minimum absolute atomic E-state index is 0.449. The summed E-state index contributed by atoms with van der Waals surface area (Å²) in [6, 6.07) is 9.33. The Hall–Kier alpha value is -2.69. The van der Waals surface area contributed by atoms with E-state index in [2.05, 4.69) is 26.3 Å². The van der Waals surface area contributed by atoms with Crippen molar-refractivity contribution >= 4 is 39.8 Å². The maximum atomic E-state index is 8.96. The Morgan fingerprint density at radius 1 is 1.32 bits per heavy atom. The summed E-state index contributed by atoms with van der Waals surface area (Å²) in [5.74, 6) is 1.29. The van der Waals surface area contributed by atoms with Crippen LogP contribution in [-0.2, 0) is 6.54 Å². The molecule has 25 heavy (non-hydrogen) atoms. The van der Waals surface area contributed by atoms with Gasteiger partial charge in [-0.2, -0.15) is 10.2 Å². The van der Waals surface area contributed by atoms with Crippen LogP contribution in [0.3, 0.4) is 0 Å². The highest BCUT2D eigenvalue weighted by Gasteiger charge is 2.10. The summed E-state index contributed by atoms with van der Waals surface area (Å²) in [7, 11) is 1.91. The lowest BCUT2D eigenvalue weighted by Gasteiger charge is -2.18. The van der Waals surface area contributed by atoms with Crippen LogP contribution < -0.4 is 10.2 Å². The second kappa shape index (κ2) is 7.47. The van der Waals surface area contributed by atoms with Crippen LogP contribution >= 0.6 is 22.9 Å². The summed E-state index contributed by atoms with van der Waals surface area (Å²) in [5.41, 5.74) is 2.30. The normalized spacial score (nSPS) is 10.3. The van der Waals surface area contributed by atoms with Crippen molar-refractivity contribution in [2.75, 3.05) is 17.3 Å². The highest BCUT2D eigenvalue weighted by molar-refractivity contribution is 7.13. The SMILES string of the molecule is Cc1cc(Nc2nccs2)nc(N(C)Cc2ccc(C#N)c(Cl)c2)n1. The number of aromatic nitrogens is 3. The topological polar surface area (TPSA) is 77.7 Å². The van der Waals surface area contributed by atoms with Gasteiger partial charge in [-0.25, -0.2) is 9.97 Å². The molecule has 3 aromatic rings. The molecule has 0 saturated heterocycles. The van der Waals surface area contributed by atoms with Crippen molar-refractivity contribution in [3.05, 3.63) is 57.7 Å². The standard InChI is InChI=1S/C17H15ClN6S/c1-11-7-15(23-17-20-5-6-25-17)22-16(21-11)24(2)10-12-3-4-13(9-19)14(18)8-12/h3-8H,10H2,1-2H3,(H,20,21,22,23). The summed E-state index contributed by atoms with van der Waals surface area (Å²) >= 11 is 7.61. The van der Waals surface area contributed by atoms with E-state index in [1.807, 2.05) is 36.4 Å². The predicted molar refractivity (Wildman–Crippen MR) is 100 cm³/mol. The molecular weight excluding hydrogens is 356 g/mol. The Kier molecular flexibility index (Phi) is 5.12. The van der Waals surface area contributed by atoms with Gasteiger partial charge >= 0.3 is 0 Å². The van der Waals surface area contributed by atoms with Gasteiger partial charge in [-0.05, 0) is 24.6 Å². The van der Waals surface area contributed by atoms with Crippen LogP contribution in [0.2, 0.25) is 5.02 Å². The lowest BCUT2D eigenvalue weighted by Crippen LogP contribution is -2.20. The van der Waals surface area contributed by atoms with Crippen molar-refractivity contribution in [1.82, 2.24) is 15.0 Å². The van der Waals surface area contributed by atoms with E-state index < -0.39 is 0 Å². The Bertz CT molecular complexity index is 919. The average molecular weight is 371 g/mol. The Balaban J connectivity index is 1.79. The fraction of sp³-hybridized carbons (Fsp3) is 0.176. The van der Waals surface area contributed by atoms with Gasteiger partial charge < -0.3 is 10.2 Å². The van der Waals surface area contributed by atoms with E-state index in [9.17, 15) is 0 Å². The Morgan fingerprint density at radius 2 is 2.16 bits per heavy atom. The maximum absolute atomic E-state index is 8.96. The lowest BCUT2D eigenvalue weighted by molar-refractivity contribution is 0.861. The van der Waals surface area contributed by atoms with Crippen molar-refractivity contribution in [2.45, 2.75) is 13.5 Å². The number of anilines is 3. The van der Waals surface area contributed by atoms with Crippen molar-refractivity contribution < 1.29 is 0 Å². The highest BCUT2D eigenvalue weighted by Crippen LogP contribution is 2.22. The van der Waals surface area contributed by atoms with Crippen LogP contribution in [0.5, 0.6) is 0 Å². The minimum atomic E-state index is 0.449. The molecule has 0 fully saturated rings. The number of rotatable bonds is 5. The van der Waals surface area contributed by atoms with E-state index in [-0.39, 0.29) is 0 Å². The number of benzene rings is 1. The fourth-order valence-corrected chi connectivity index (χ4v) is 3.06. The zero-order chi connectivity index (χ0) is 17.8. The minimum Gasteiger partial charge on any atom is -0.339 e. The smallest absolute Gasteiger partial charge is 0.227 e. The van der Waals surface area contributed by atoms with E-state index >= 15 is 0 Å². The van der Waals surface area contributed by atoms with E-state index in [1.54, 1.807) is 18.3 Å². The molecule has 2 heterocycles. The van der Waals surface area contributed by atoms with Crippen LogP contribution in [0, 0.1) is 18.3 Å². The van der Waals surface area contributed by atoms with Crippen molar-refractivity contribution in [3.8, 4) is 6.07 Å². The second-order valence-electron chi connectivity index (χ2n) is 5.44. The van der Waals surface area contributed by atoms with Gasteiger partial charge in [0, 0.05) is 36.9 Å². The van der Waals surface area contributed by atoms with Gasteiger partial charge in [0.2, 0.25) is 5.95 Å². The molecule has 0 bridgehead atoms. The largest absolute Gasteiger partial charge is 0.339 e. The zero-order valence-electron chi connectivity index (χ0n) is 13.7. The molecule has 0 radical (unpaired) electrons. The van der Waals surface area contributed by atoms with Gasteiger partial charge in [-0.15, -0.1) is 11.3 Å². The van der Waals surface area contributed by atoms with E-state index in [0.717, 1.165) is 16.4 Å². The summed E-state index contributed by atoms with van der Waals surface area (Å²) in [5, 5.41) is 15.3. The number of hydrogen-bond acceptors (Lipinski definition) is 7. The quantitative estimate of drug-likeness (QED) is 0.727. The molecule has 0 unspecified atom stereocenters. The summed E-state index contributed by atoms with van der Waals surface area (Å²) in [4.78, 5) is 15.2. The van der Waals surface area contributed by atoms with Gasteiger partial charge in [0.05, 0.1) is 10.6 Å². The molecule has 126 valence electrons. The summed E-state index contributed by atoms with van der Waals surface area (Å²) in [6.45, 7) is 2.50. The van der Waals surface area contributed by atoms with Crippen molar-refractivity contribution in [1.29, 1.82) is 5.26 Å². The van der Waals surface area contributed by atoms with Crippen LogP contribution in [0.4, 0.5) is 16.9 Å². The number of hydrogen-bond donors (Lipinski definition) is 1. The van der Waals surface area contributed by atoms with Gasteiger partial charge in [0.15, 0.2) is 5.13 Å². The van der Waals surface area contributed by atoms with Gasteiger partial charge in [-0.3, -0.25) is 0 Å². The summed E-state index contributed by atoms with van der Waals surface area (Å²) in [6.07, 6.45) is 1.74. The number of aryl methyl sites for hydroxylation is 1. The van der Waals surface area contributed by atoms with Gasteiger partial charge in [0.1, 0.15) is 11.9 Å². The van der Waals surface area contributed by atoms with Gasteiger partial charge in [0.25, 0.3) is 0 Å². The molecule has 2 aromatic heterocycles. The molecule has 0 spiro atoms. The average Bonchev–Trinajstić information content (AvgIpc) is 3.07. The molecule has 0 aliphatic rings. The lowest BCUT2D eigenvalue weighted by atomic mass is 10.1. The number of nitriles is 1. The molecule has 3 rings (SSSR count). The monoisotopic (exact) mass is 370 g/mol. The molecular formula is C17H15ClN6S. The molecule has 0 saturated carbocycles. The van der Waals surface area contributed by atoms with Crippen LogP contribution in [0.25, 0.3) is 0 Å². The highest BCUT2D eigenvalue weighted by atomic mass is 35.5. The zero-order valence-corrected chi connectivity index (χ0v) is 15.3. The molecule has 8 heteroatoms. The summed E-state index contributed by atoms with van der Waals surface area (Å²) < 4.78 is 0. The molecule has 1 aromatic carbocycles. The number of nitrogens with zero attached hydrogens (tertiary/aromatic N) is 5. The fourth-order valence-electron chi connectivity index (χ4n) is 2.27. The van der Waals surface area contributed by atoms with Crippen LogP contribution in [0.15, 0.2) is 35.8 Å². The Morgan fingerprint density at radius 3 is 2.84 bits per heavy atom. The van der Waals surface area contributed by atoms with E-state index in [4.69, 9.17) is 16.9 Å². The van der Waals surface area contributed by atoms with Crippen LogP contribution in [0.1, 0.15) is 16.8 Å². The molecule has 0 aliphatic carbocycles. The van der Waals surface area contributed by atoms with E-state index in [1.165, 1.54) is 11.3 Å². The van der Waals surface area contributed by atoms with Crippen LogP contribution in [-0.4, -0.2) is 22.0 Å². The second-order valence-corrected chi connectivity index (χ2v) is 6.74. The predicted octanol–water partition coefficient (Wildman–Crippen LogP) is 4.15. The molecule has 1 N–H and O–H groups in total. The third kappa shape index (κ3) is 4.24. The first-order chi connectivity index (χ1) is 12.0. The third-order valence-electron chi connectivity index (χ3n) is 3.42. The first kappa shape index (κ1) is 17.1. The molecule has 6 nitrogen and oxygen atoms in total. The first-order valence-corrected chi connectivity index (χ1v) is 8.73. The number of nitrogens with one attached hydrogen (secondary N) is 1. The van der Waals surface area contributed by atoms with Crippen molar-refractivity contribution in [2.24, 2.45) is 0 Å².